The van der Waals surface area contributed by atoms with Crippen molar-refractivity contribution in [3.8, 4) is 44.8 Å². The van der Waals surface area contributed by atoms with Crippen LogP contribution in [-0.2, 0) is 0 Å². The molecule has 0 atom stereocenters. The second-order valence-electron chi connectivity index (χ2n) is 12.2. The quantitative estimate of drug-likeness (QED) is 0.186. The molecule has 4 heterocycles. The zero-order valence-electron chi connectivity index (χ0n) is 25.8. The molecule has 4 aromatic heterocycles. The maximum absolute atomic E-state index is 6.80. The van der Waals surface area contributed by atoms with Crippen molar-refractivity contribution in [2.45, 2.75) is 0 Å². The number of benzene rings is 6. The van der Waals surface area contributed by atoms with Gasteiger partial charge in [0.1, 0.15) is 0 Å². The van der Waals surface area contributed by atoms with Gasteiger partial charge >= 0.3 is 0 Å². The average molecular weight is 614 g/mol. The lowest BCUT2D eigenvalue weighted by Crippen LogP contribution is -1.91. The van der Waals surface area contributed by atoms with Crippen LogP contribution in [0.5, 0.6) is 0 Å². The summed E-state index contributed by atoms with van der Waals surface area (Å²) in [7, 11) is 0. The first kappa shape index (κ1) is 26.7. The van der Waals surface area contributed by atoms with Crippen LogP contribution in [-0.4, -0.2) is 14.4 Å². The molecular formula is C44H27N3O. The molecule has 224 valence electrons. The summed E-state index contributed by atoms with van der Waals surface area (Å²) in [5, 5.41) is 3.31. The van der Waals surface area contributed by atoms with E-state index in [1.165, 1.54) is 0 Å². The second-order valence-corrected chi connectivity index (χ2v) is 12.2. The van der Waals surface area contributed by atoms with Gasteiger partial charge in [0.15, 0.2) is 5.58 Å². The maximum Gasteiger partial charge on any atom is 0.213 e. The van der Waals surface area contributed by atoms with Gasteiger partial charge in [-0.05, 0) is 35.4 Å². The van der Waals surface area contributed by atoms with Gasteiger partial charge in [0.25, 0.3) is 0 Å². The fourth-order valence-electron chi connectivity index (χ4n) is 7.09. The van der Waals surface area contributed by atoms with Crippen LogP contribution in [0.25, 0.3) is 94.3 Å². The van der Waals surface area contributed by atoms with E-state index in [0.717, 1.165) is 94.3 Å². The largest absolute Gasteiger partial charge is 0.437 e. The average Bonchev–Trinajstić information content (AvgIpc) is 3.70. The number of rotatable bonds is 4. The molecule has 0 fully saturated rings. The third-order valence-corrected chi connectivity index (χ3v) is 9.41. The van der Waals surface area contributed by atoms with Crippen LogP contribution >= 0.6 is 0 Å². The third-order valence-electron chi connectivity index (χ3n) is 9.41. The molecule has 10 aromatic rings. The van der Waals surface area contributed by atoms with Gasteiger partial charge in [0, 0.05) is 32.8 Å². The summed E-state index contributed by atoms with van der Waals surface area (Å²) < 4.78 is 9.05. The van der Waals surface area contributed by atoms with Gasteiger partial charge in [-0.2, -0.15) is 0 Å². The summed E-state index contributed by atoms with van der Waals surface area (Å²) in [6.07, 6.45) is 0. The van der Waals surface area contributed by atoms with Crippen molar-refractivity contribution in [1.29, 1.82) is 0 Å². The topological polar surface area (TPSA) is 43.3 Å². The Balaban J connectivity index is 1.11. The van der Waals surface area contributed by atoms with Crippen LogP contribution in [0.2, 0.25) is 0 Å². The highest BCUT2D eigenvalue weighted by Gasteiger charge is 2.21. The van der Waals surface area contributed by atoms with Gasteiger partial charge in [-0.3, -0.25) is 4.40 Å². The minimum atomic E-state index is 0.845. The van der Waals surface area contributed by atoms with Crippen LogP contribution in [0.15, 0.2) is 168 Å². The minimum Gasteiger partial charge on any atom is -0.437 e. The molecule has 0 spiro atoms. The molecule has 0 N–H and O–H groups in total. The number of pyridine rings is 2. The molecular weight excluding hydrogens is 587 g/mol. The fraction of sp³-hybridized carbons (Fsp3) is 0. The third kappa shape index (κ3) is 4.10. The van der Waals surface area contributed by atoms with Crippen LogP contribution in [0.4, 0.5) is 0 Å². The predicted octanol–water partition coefficient (Wildman–Crippen LogP) is 11.6. The SMILES string of the molecule is c1ccc(-c2ccc3ccc4ccc(-c5ccc(-c6c7ccccc7n7c6oc6c(-c8ccccc8)cccc67)cc5)nc4c3n2)cc1. The van der Waals surface area contributed by atoms with E-state index in [2.05, 4.69) is 144 Å². The molecule has 10 rings (SSSR count). The standard InChI is InChI=1S/C44H27N3O/c1-3-10-28(11-4-1)34-15-9-17-39-43(34)48-44-40(35-14-7-8-16-38(35)47(39)44)31-20-18-30(19-21-31)37-27-25-33-23-22-32-24-26-36(29-12-5-2-6-13-29)45-41(32)42(33)46-37/h1-27H. The summed E-state index contributed by atoms with van der Waals surface area (Å²) in [6, 6.07) is 57.1. The molecule has 4 nitrogen and oxygen atoms in total. The molecule has 4 heteroatoms. The monoisotopic (exact) mass is 613 g/mol. The molecule has 0 aliphatic carbocycles. The van der Waals surface area contributed by atoms with E-state index >= 15 is 0 Å². The molecule has 0 radical (unpaired) electrons. The molecule has 0 unspecified atom stereocenters. The number of hydrogen-bond donors (Lipinski definition) is 0. The highest BCUT2D eigenvalue weighted by atomic mass is 16.3. The predicted molar refractivity (Wildman–Crippen MR) is 197 cm³/mol. The van der Waals surface area contributed by atoms with Crippen LogP contribution in [0.1, 0.15) is 0 Å². The molecule has 48 heavy (non-hydrogen) atoms. The van der Waals surface area contributed by atoms with Crippen molar-refractivity contribution in [1.82, 2.24) is 14.4 Å². The van der Waals surface area contributed by atoms with Crippen LogP contribution in [0.3, 0.4) is 0 Å². The molecule has 6 aromatic carbocycles. The van der Waals surface area contributed by atoms with E-state index in [1.807, 2.05) is 24.3 Å². The van der Waals surface area contributed by atoms with E-state index in [4.69, 9.17) is 14.4 Å². The van der Waals surface area contributed by atoms with E-state index in [0.29, 0.717) is 0 Å². The molecule has 0 amide bonds. The highest BCUT2D eigenvalue weighted by molar-refractivity contribution is 6.08. The molecule has 0 saturated heterocycles. The summed E-state index contributed by atoms with van der Waals surface area (Å²) in [5.41, 5.74) is 14.1. The van der Waals surface area contributed by atoms with Gasteiger partial charge in [0.2, 0.25) is 5.71 Å². The Labute approximate surface area is 276 Å². The van der Waals surface area contributed by atoms with Gasteiger partial charge in [-0.15, -0.1) is 0 Å². The number of fused-ring (bicyclic) bond motifs is 8. The van der Waals surface area contributed by atoms with E-state index in [1.54, 1.807) is 0 Å². The summed E-state index contributed by atoms with van der Waals surface area (Å²) >= 11 is 0. The first-order chi connectivity index (χ1) is 23.8. The number of nitrogens with zero attached hydrogens (tertiary/aromatic N) is 3. The van der Waals surface area contributed by atoms with Crippen molar-refractivity contribution in [2.24, 2.45) is 0 Å². The summed E-state index contributed by atoms with van der Waals surface area (Å²) in [6.45, 7) is 0. The summed E-state index contributed by atoms with van der Waals surface area (Å²) in [4.78, 5) is 10.3. The normalized spacial score (nSPS) is 11.8. The van der Waals surface area contributed by atoms with Crippen LogP contribution in [0, 0.1) is 0 Å². The smallest absolute Gasteiger partial charge is 0.213 e. The first-order valence-corrected chi connectivity index (χ1v) is 16.2. The Morgan fingerprint density at radius 3 is 1.65 bits per heavy atom. The number of hydrogen-bond acceptors (Lipinski definition) is 3. The van der Waals surface area contributed by atoms with Crippen molar-refractivity contribution in [2.75, 3.05) is 0 Å². The zero-order chi connectivity index (χ0) is 31.6. The van der Waals surface area contributed by atoms with Crippen molar-refractivity contribution < 1.29 is 4.42 Å². The first-order valence-electron chi connectivity index (χ1n) is 16.2. The zero-order valence-corrected chi connectivity index (χ0v) is 25.8. The molecule has 0 saturated carbocycles. The Kier molecular flexibility index (Phi) is 5.84. The Morgan fingerprint density at radius 1 is 0.417 bits per heavy atom. The van der Waals surface area contributed by atoms with E-state index < -0.39 is 0 Å². The van der Waals surface area contributed by atoms with Gasteiger partial charge in [0.05, 0.1) is 39.0 Å². The van der Waals surface area contributed by atoms with Crippen molar-refractivity contribution >= 4 is 49.5 Å². The lowest BCUT2D eigenvalue weighted by atomic mass is 10.0. The second kappa shape index (κ2) is 10.5. The van der Waals surface area contributed by atoms with Crippen molar-refractivity contribution in [3.63, 3.8) is 0 Å². The Morgan fingerprint density at radius 2 is 0.958 bits per heavy atom. The maximum atomic E-state index is 6.80. The van der Waals surface area contributed by atoms with Gasteiger partial charge in [-0.1, -0.05) is 140 Å². The lowest BCUT2D eigenvalue weighted by molar-refractivity contribution is 0.659. The number of para-hydroxylation sites is 2. The van der Waals surface area contributed by atoms with E-state index in [9.17, 15) is 0 Å². The summed E-state index contributed by atoms with van der Waals surface area (Å²) in [5.74, 6) is 0. The molecule has 0 aliphatic heterocycles. The molecule has 0 bridgehead atoms. The Hall–Kier alpha value is -6.52. The van der Waals surface area contributed by atoms with Gasteiger partial charge < -0.3 is 4.42 Å². The van der Waals surface area contributed by atoms with Gasteiger partial charge in [-0.25, -0.2) is 9.97 Å². The van der Waals surface area contributed by atoms with Crippen molar-refractivity contribution in [3.05, 3.63) is 164 Å². The highest BCUT2D eigenvalue weighted by Crippen LogP contribution is 2.42. The van der Waals surface area contributed by atoms with E-state index in [-0.39, 0.29) is 0 Å². The Bertz CT molecular complexity index is 2810. The number of aromatic nitrogens is 3. The number of oxazole rings is 1. The van der Waals surface area contributed by atoms with Crippen LogP contribution < -0.4 is 0 Å². The fourth-order valence-corrected chi connectivity index (χ4v) is 7.09. The minimum absolute atomic E-state index is 0.845. The lowest BCUT2D eigenvalue weighted by Gasteiger charge is -2.09. The molecule has 0 aliphatic rings.